The van der Waals surface area contributed by atoms with E-state index in [0.717, 1.165) is 5.56 Å². The van der Waals surface area contributed by atoms with Gasteiger partial charge < -0.3 is 24.2 Å². The molecule has 0 bridgehead atoms. The Kier molecular flexibility index (Phi) is 6.01. The van der Waals surface area contributed by atoms with Gasteiger partial charge in [-0.25, -0.2) is 0 Å². The molecule has 184 valence electrons. The molecule has 0 saturated carbocycles. The summed E-state index contributed by atoms with van der Waals surface area (Å²) in [7, 11) is 1.57. The lowest BCUT2D eigenvalue weighted by Gasteiger charge is -2.62. The largest absolute Gasteiger partial charge is 0.497 e. The molecule has 3 aliphatic rings. The van der Waals surface area contributed by atoms with Crippen LogP contribution in [-0.2, 0) is 9.53 Å². The maximum Gasteiger partial charge on any atom is 0.255 e. The fraction of sp³-hybridized carbons (Fsp3) is 0.444. The summed E-state index contributed by atoms with van der Waals surface area (Å²) >= 11 is 0. The standard InChI is InChI=1S/C27H31N3O5/c1-18(2)30-25(32)22-10-5-4-9-21(22)23(26(33)28-11-13-35-14-12-28)27(30)16-29(17-27)24(31)19-7-6-8-20(15-19)34-3/h4-10,15,18,23H,11-14,16-17H2,1-3H3. The SMILES string of the molecule is COc1cccc(C(=O)N2CC3(C2)C(C(=O)N2CCOCC2)c2ccccc2C(=O)N3C(C)C)c1. The fourth-order valence-corrected chi connectivity index (χ4v) is 5.81. The molecule has 3 amide bonds. The lowest BCUT2D eigenvalue weighted by Crippen LogP contribution is -2.78. The average molecular weight is 478 g/mol. The molecule has 35 heavy (non-hydrogen) atoms. The summed E-state index contributed by atoms with van der Waals surface area (Å²) in [6.07, 6.45) is 0. The van der Waals surface area contributed by atoms with Crippen LogP contribution in [0, 0.1) is 0 Å². The Morgan fingerprint density at radius 1 is 1.03 bits per heavy atom. The van der Waals surface area contributed by atoms with Gasteiger partial charge >= 0.3 is 0 Å². The van der Waals surface area contributed by atoms with Crippen LogP contribution < -0.4 is 4.74 Å². The van der Waals surface area contributed by atoms with Crippen molar-refractivity contribution < 1.29 is 23.9 Å². The molecular formula is C27H31N3O5. The third-order valence-electron chi connectivity index (χ3n) is 7.36. The van der Waals surface area contributed by atoms with Gasteiger partial charge in [0.15, 0.2) is 0 Å². The van der Waals surface area contributed by atoms with Gasteiger partial charge in [-0.05, 0) is 43.7 Å². The van der Waals surface area contributed by atoms with Crippen LogP contribution in [0.4, 0.5) is 0 Å². The van der Waals surface area contributed by atoms with Crippen LogP contribution >= 0.6 is 0 Å². The number of hydrogen-bond acceptors (Lipinski definition) is 5. The summed E-state index contributed by atoms with van der Waals surface area (Å²) in [5, 5.41) is 0. The zero-order chi connectivity index (χ0) is 24.7. The molecule has 1 spiro atoms. The van der Waals surface area contributed by atoms with Gasteiger partial charge in [0, 0.05) is 43.3 Å². The molecule has 0 N–H and O–H groups in total. The highest BCUT2D eigenvalue weighted by Crippen LogP contribution is 2.48. The number of methoxy groups -OCH3 is 1. The minimum Gasteiger partial charge on any atom is -0.497 e. The molecular weight excluding hydrogens is 446 g/mol. The molecule has 1 unspecified atom stereocenters. The molecule has 2 aromatic carbocycles. The quantitative estimate of drug-likeness (QED) is 0.676. The van der Waals surface area contributed by atoms with E-state index in [4.69, 9.17) is 9.47 Å². The van der Waals surface area contributed by atoms with E-state index in [0.29, 0.717) is 56.3 Å². The van der Waals surface area contributed by atoms with Crippen molar-refractivity contribution in [3.8, 4) is 5.75 Å². The van der Waals surface area contributed by atoms with Crippen LogP contribution in [0.1, 0.15) is 46.0 Å². The topological polar surface area (TPSA) is 79.4 Å². The first-order chi connectivity index (χ1) is 16.9. The van der Waals surface area contributed by atoms with E-state index >= 15 is 0 Å². The number of rotatable bonds is 4. The van der Waals surface area contributed by atoms with Crippen molar-refractivity contribution in [2.45, 2.75) is 31.3 Å². The number of amides is 3. The number of nitrogens with zero attached hydrogens (tertiary/aromatic N) is 3. The second kappa shape index (κ2) is 9.00. The van der Waals surface area contributed by atoms with E-state index in [9.17, 15) is 14.4 Å². The van der Waals surface area contributed by atoms with Crippen molar-refractivity contribution >= 4 is 17.7 Å². The van der Waals surface area contributed by atoms with E-state index < -0.39 is 11.5 Å². The third-order valence-corrected chi connectivity index (χ3v) is 7.36. The molecule has 8 heteroatoms. The zero-order valence-electron chi connectivity index (χ0n) is 20.4. The van der Waals surface area contributed by atoms with Gasteiger partial charge in [-0.1, -0.05) is 24.3 Å². The van der Waals surface area contributed by atoms with E-state index in [1.165, 1.54) is 0 Å². The van der Waals surface area contributed by atoms with Crippen LogP contribution in [0.2, 0.25) is 0 Å². The first-order valence-corrected chi connectivity index (χ1v) is 12.1. The molecule has 0 aliphatic carbocycles. The van der Waals surface area contributed by atoms with Crippen molar-refractivity contribution in [1.82, 2.24) is 14.7 Å². The Hall–Kier alpha value is -3.39. The summed E-state index contributed by atoms with van der Waals surface area (Å²) in [6.45, 7) is 6.57. The highest BCUT2D eigenvalue weighted by molar-refractivity contribution is 6.03. The molecule has 0 radical (unpaired) electrons. The van der Waals surface area contributed by atoms with E-state index in [1.807, 2.05) is 41.8 Å². The Labute approximate surface area is 205 Å². The first-order valence-electron chi connectivity index (χ1n) is 12.1. The monoisotopic (exact) mass is 477 g/mol. The molecule has 5 rings (SSSR count). The van der Waals surface area contributed by atoms with Gasteiger partial charge in [-0.2, -0.15) is 0 Å². The summed E-state index contributed by atoms with van der Waals surface area (Å²) in [6, 6.07) is 14.3. The summed E-state index contributed by atoms with van der Waals surface area (Å²) in [5.74, 6) is -0.173. The van der Waals surface area contributed by atoms with Gasteiger partial charge in [0.05, 0.1) is 31.8 Å². The van der Waals surface area contributed by atoms with Gasteiger partial charge in [0.2, 0.25) is 5.91 Å². The van der Waals surface area contributed by atoms with Gasteiger partial charge in [-0.15, -0.1) is 0 Å². The number of fused-ring (bicyclic) bond motifs is 1. The summed E-state index contributed by atoms with van der Waals surface area (Å²) < 4.78 is 10.7. The number of morpholine rings is 1. The van der Waals surface area contributed by atoms with E-state index in [2.05, 4.69) is 0 Å². The Morgan fingerprint density at radius 3 is 2.43 bits per heavy atom. The maximum absolute atomic E-state index is 14.0. The zero-order valence-corrected chi connectivity index (χ0v) is 20.4. The second-order valence-electron chi connectivity index (χ2n) is 9.72. The third kappa shape index (κ3) is 3.76. The summed E-state index contributed by atoms with van der Waals surface area (Å²) in [4.78, 5) is 46.5. The predicted molar refractivity (Wildman–Crippen MR) is 130 cm³/mol. The number of likely N-dealkylation sites (tertiary alicyclic amines) is 1. The summed E-state index contributed by atoms with van der Waals surface area (Å²) in [5.41, 5.74) is 1.04. The number of ether oxygens (including phenoxy) is 2. The Balaban J connectivity index is 1.54. The Morgan fingerprint density at radius 2 is 1.74 bits per heavy atom. The molecule has 2 fully saturated rings. The van der Waals surface area contributed by atoms with Crippen LogP contribution in [-0.4, -0.2) is 90.5 Å². The van der Waals surface area contributed by atoms with Crippen LogP contribution in [0.5, 0.6) is 5.75 Å². The van der Waals surface area contributed by atoms with Crippen molar-refractivity contribution in [3.63, 3.8) is 0 Å². The van der Waals surface area contributed by atoms with Crippen LogP contribution in [0.3, 0.4) is 0 Å². The van der Waals surface area contributed by atoms with E-state index in [-0.39, 0.29) is 23.8 Å². The highest BCUT2D eigenvalue weighted by Gasteiger charge is 2.62. The highest BCUT2D eigenvalue weighted by atomic mass is 16.5. The average Bonchev–Trinajstić information content (AvgIpc) is 2.86. The molecule has 8 nitrogen and oxygen atoms in total. The molecule has 3 heterocycles. The van der Waals surface area contributed by atoms with Gasteiger partial charge in [0.25, 0.3) is 11.8 Å². The van der Waals surface area contributed by atoms with Crippen molar-refractivity contribution in [3.05, 3.63) is 65.2 Å². The van der Waals surface area contributed by atoms with Crippen molar-refractivity contribution in [1.29, 1.82) is 0 Å². The van der Waals surface area contributed by atoms with Gasteiger partial charge in [-0.3, -0.25) is 14.4 Å². The minimum atomic E-state index is -0.802. The fourth-order valence-electron chi connectivity index (χ4n) is 5.81. The first kappa shape index (κ1) is 23.4. The number of hydrogen-bond donors (Lipinski definition) is 0. The molecule has 1 atom stereocenters. The maximum atomic E-state index is 14.0. The Bertz CT molecular complexity index is 1150. The van der Waals surface area contributed by atoms with Gasteiger partial charge in [0.1, 0.15) is 5.75 Å². The van der Waals surface area contributed by atoms with Crippen molar-refractivity contribution in [2.75, 3.05) is 46.5 Å². The molecule has 3 aliphatic heterocycles. The number of benzene rings is 2. The number of carbonyl (C=O) groups excluding carboxylic acids is 3. The number of carbonyl (C=O) groups is 3. The normalized spacial score (nSPS) is 21.1. The second-order valence-corrected chi connectivity index (χ2v) is 9.72. The lowest BCUT2D eigenvalue weighted by atomic mass is 9.67. The van der Waals surface area contributed by atoms with E-state index in [1.54, 1.807) is 42.3 Å². The smallest absolute Gasteiger partial charge is 0.255 e. The van der Waals surface area contributed by atoms with Crippen LogP contribution in [0.25, 0.3) is 0 Å². The molecule has 2 aromatic rings. The van der Waals surface area contributed by atoms with Crippen molar-refractivity contribution in [2.24, 2.45) is 0 Å². The van der Waals surface area contributed by atoms with Crippen LogP contribution in [0.15, 0.2) is 48.5 Å². The lowest BCUT2D eigenvalue weighted by molar-refractivity contribution is -0.146. The predicted octanol–water partition coefficient (Wildman–Crippen LogP) is 2.40. The molecule has 2 saturated heterocycles. The molecule has 0 aromatic heterocycles. The minimum absolute atomic E-state index is 0.00706.